The Labute approximate surface area is 204 Å². The largest absolute Gasteiger partial charge is 0.322 e. The third-order valence-electron chi connectivity index (χ3n) is 5.51. The van der Waals surface area contributed by atoms with E-state index in [0.717, 1.165) is 0 Å². The van der Waals surface area contributed by atoms with Crippen molar-refractivity contribution in [2.45, 2.75) is 17.6 Å². The average molecular weight is 485 g/mol. The topological polar surface area (TPSA) is 92.3 Å². The van der Waals surface area contributed by atoms with Gasteiger partial charge in [0.2, 0.25) is 0 Å². The summed E-state index contributed by atoms with van der Waals surface area (Å²) in [6.07, 6.45) is 0. The van der Waals surface area contributed by atoms with E-state index < -0.39 is 15.7 Å². The number of para-hydroxylation sites is 1. The number of anilines is 2. The molecular weight excluding hydrogens is 460 g/mol. The van der Waals surface area contributed by atoms with Crippen LogP contribution < -0.4 is 10.6 Å². The van der Waals surface area contributed by atoms with E-state index in [9.17, 15) is 18.0 Å². The highest BCUT2D eigenvalue weighted by Crippen LogP contribution is 2.23. The smallest absolute Gasteiger partial charge is 0.256 e. The zero-order chi connectivity index (χ0) is 24.8. The third-order valence-corrected chi connectivity index (χ3v) is 7.20. The maximum Gasteiger partial charge on any atom is 0.256 e. The van der Waals surface area contributed by atoms with Gasteiger partial charge in [0.1, 0.15) is 0 Å². The maximum absolute atomic E-state index is 13.0. The summed E-state index contributed by atoms with van der Waals surface area (Å²) in [5.74, 6) is -0.916. The number of benzene rings is 4. The Morgan fingerprint density at radius 3 is 2.09 bits per heavy atom. The minimum atomic E-state index is -3.63. The predicted molar refractivity (Wildman–Crippen MR) is 137 cm³/mol. The molecule has 0 radical (unpaired) electrons. The lowest BCUT2D eigenvalue weighted by Crippen LogP contribution is -2.17. The van der Waals surface area contributed by atoms with E-state index in [0.29, 0.717) is 28.1 Å². The molecule has 0 spiro atoms. The van der Waals surface area contributed by atoms with Gasteiger partial charge in [-0.2, -0.15) is 0 Å². The quantitative estimate of drug-likeness (QED) is 0.364. The first-order chi connectivity index (χ1) is 16.8. The highest BCUT2D eigenvalue weighted by Gasteiger charge is 2.19. The van der Waals surface area contributed by atoms with Gasteiger partial charge in [0.05, 0.1) is 10.6 Å². The van der Waals surface area contributed by atoms with Crippen LogP contribution in [0, 0.1) is 6.92 Å². The Hall–Kier alpha value is -4.23. The summed E-state index contributed by atoms with van der Waals surface area (Å²) in [6, 6.07) is 29.0. The zero-order valence-corrected chi connectivity index (χ0v) is 19.9. The molecule has 0 atom stereocenters. The Bertz CT molecular complexity index is 1470. The van der Waals surface area contributed by atoms with Crippen LogP contribution in [0.15, 0.2) is 108 Å². The van der Waals surface area contributed by atoms with Gasteiger partial charge in [-0.05, 0) is 60.5 Å². The fourth-order valence-electron chi connectivity index (χ4n) is 3.64. The summed E-state index contributed by atoms with van der Waals surface area (Å²) < 4.78 is 25.8. The lowest BCUT2D eigenvalue weighted by molar-refractivity contribution is 0.101. The van der Waals surface area contributed by atoms with E-state index in [2.05, 4.69) is 10.6 Å². The van der Waals surface area contributed by atoms with Crippen LogP contribution in [0.25, 0.3) is 0 Å². The van der Waals surface area contributed by atoms with Crippen LogP contribution in [0.1, 0.15) is 31.8 Å². The molecule has 0 aliphatic heterocycles. The Morgan fingerprint density at radius 2 is 1.37 bits per heavy atom. The standard InChI is InChI=1S/C28H24N2O4S/c1-20-25(28(32)29-23-13-6-3-7-14-23)16-9-17-26(20)30-27(31)22-12-8-15-24(18-22)35(33,34)19-21-10-4-2-5-11-21/h2-18H,19H2,1H3,(H,29,32)(H,30,31). The van der Waals surface area contributed by atoms with Crippen LogP contribution in [-0.2, 0) is 15.6 Å². The van der Waals surface area contributed by atoms with E-state index in [1.807, 2.05) is 24.3 Å². The molecule has 176 valence electrons. The van der Waals surface area contributed by atoms with Crippen molar-refractivity contribution in [2.24, 2.45) is 0 Å². The van der Waals surface area contributed by atoms with Gasteiger partial charge in [0, 0.05) is 22.5 Å². The van der Waals surface area contributed by atoms with Crippen molar-refractivity contribution in [2.75, 3.05) is 10.6 Å². The van der Waals surface area contributed by atoms with Gasteiger partial charge in [0.15, 0.2) is 9.84 Å². The average Bonchev–Trinajstić information content (AvgIpc) is 2.86. The number of nitrogens with one attached hydrogen (secondary N) is 2. The summed E-state index contributed by atoms with van der Waals surface area (Å²) in [4.78, 5) is 25.8. The normalized spacial score (nSPS) is 11.0. The molecule has 6 nitrogen and oxygen atoms in total. The van der Waals surface area contributed by atoms with Crippen molar-refractivity contribution in [3.05, 3.63) is 125 Å². The molecule has 7 heteroatoms. The fraction of sp³-hybridized carbons (Fsp3) is 0.0714. The number of carbonyl (C=O) groups is 2. The SMILES string of the molecule is Cc1c(NC(=O)c2cccc(S(=O)(=O)Cc3ccccc3)c2)cccc1C(=O)Nc1ccccc1. The maximum atomic E-state index is 13.0. The van der Waals surface area contributed by atoms with Gasteiger partial charge in [0.25, 0.3) is 11.8 Å². The van der Waals surface area contributed by atoms with Crippen molar-refractivity contribution in [3.63, 3.8) is 0 Å². The molecule has 2 N–H and O–H groups in total. The number of hydrogen-bond acceptors (Lipinski definition) is 4. The highest BCUT2D eigenvalue weighted by molar-refractivity contribution is 7.90. The summed E-state index contributed by atoms with van der Waals surface area (Å²) in [5.41, 5.74) is 3.03. The fourth-order valence-corrected chi connectivity index (χ4v) is 5.03. The molecule has 0 aliphatic carbocycles. The third kappa shape index (κ3) is 5.83. The van der Waals surface area contributed by atoms with E-state index in [-0.39, 0.29) is 22.1 Å². The second kappa shape index (κ2) is 10.4. The van der Waals surface area contributed by atoms with Crippen LogP contribution in [0.2, 0.25) is 0 Å². The number of carbonyl (C=O) groups excluding carboxylic acids is 2. The molecule has 0 heterocycles. The Balaban J connectivity index is 1.52. The van der Waals surface area contributed by atoms with Crippen LogP contribution in [0.3, 0.4) is 0 Å². The minimum absolute atomic E-state index is 0.0710. The zero-order valence-electron chi connectivity index (χ0n) is 19.1. The first-order valence-corrected chi connectivity index (χ1v) is 12.6. The van der Waals surface area contributed by atoms with Crippen molar-refractivity contribution in [3.8, 4) is 0 Å². The van der Waals surface area contributed by atoms with Crippen molar-refractivity contribution < 1.29 is 18.0 Å². The van der Waals surface area contributed by atoms with Crippen molar-refractivity contribution >= 4 is 33.0 Å². The summed E-state index contributed by atoms with van der Waals surface area (Å²) >= 11 is 0. The molecule has 4 aromatic rings. The molecule has 35 heavy (non-hydrogen) atoms. The van der Waals surface area contributed by atoms with Gasteiger partial charge in [-0.25, -0.2) is 8.42 Å². The Morgan fingerprint density at radius 1 is 0.714 bits per heavy atom. The van der Waals surface area contributed by atoms with Crippen LogP contribution in [-0.4, -0.2) is 20.2 Å². The van der Waals surface area contributed by atoms with E-state index in [1.54, 1.807) is 73.7 Å². The van der Waals surface area contributed by atoms with Gasteiger partial charge in [-0.1, -0.05) is 60.7 Å². The van der Waals surface area contributed by atoms with Gasteiger partial charge in [-0.15, -0.1) is 0 Å². The molecule has 0 fully saturated rings. The van der Waals surface area contributed by atoms with Gasteiger partial charge < -0.3 is 10.6 Å². The van der Waals surface area contributed by atoms with E-state index in [4.69, 9.17) is 0 Å². The molecule has 0 bridgehead atoms. The molecule has 0 aromatic heterocycles. The van der Waals surface area contributed by atoms with Crippen LogP contribution >= 0.6 is 0 Å². The monoisotopic (exact) mass is 484 g/mol. The second-order valence-electron chi connectivity index (χ2n) is 8.02. The molecule has 0 aliphatic rings. The van der Waals surface area contributed by atoms with Crippen LogP contribution in [0.5, 0.6) is 0 Å². The molecule has 2 amide bonds. The van der Waals surface area contributed by atoms with E-state index in [1.165, 1.54) is 12.1 Å². The predicted octanol–water partition coefficient (Wildman–Crippen LogP) is 5.47. The number of amides is 2. The minimum Gasteiger partial charge on any atom is -0.322 e. The molecule has 0 saturated heterocycles. The lowest BCUT2D eigenvalue weighted by atomic mass is 10.1. The summed E-state index contributed by atoms with van der Waals surface area (Å²) in [5, 5.41) is 5.64. The van der Waals surface area contributed by atoms with Crippen LogP contribution in [0.4, 0.5) is 11.4 Å². The van der Waals surface area contributed by atoms with Crippen molar-refractivity contribution in [1.29, 1.82) is 0 Å². The molecule has 0 unspecified atom stereocenters. The summed E-state index contributed by atoms with van der Waals surface area (Å²) in [7, 11) is -3.63. The molecule has 0 saturated carbocycles. The molecule has 4 rings (SSSR count). The number of hydrogen-bond donors (Lipinski definition) is 2. The first-order valence-electron chi connectivity index (χ1n) is 11.0. The van der Waals surface area contributed by atoms with E-state index >= 15 is 0 Å². The molecular formula is C28H24N2O4S. The van der Waals surface area contributed by atoms with Gasteiger partial charge in [-0.3, -0.25) is 9.59 Å². The molecule has 4 aromatic carbocycles. The Kier molecular flexibility index (Phi) is 7.08. The first kappa shape index (κ1) is 23.9. The van der Waals surface area contributed by atoms with Gasteiger partial charge >= 0.3 is 0 Å². The summed E-state index contributed by atoms with van der Waals surface area (Å²) in [6.45, 7) is 1.75. The number of rotatable bonds is 7. The number of sulfone groups is 1. The van der Waals surface area contributed by atoms with Crippen molar-refractivity contribution in [1.82, 2.24) is 0 Å². The highest BCUT2D eigenvalue weighted by atomic mass is 32.2. The lowest BCUT2D eigenvalue weighted by Gasteiger charge is -2.13. The second-order valence-corrected chi connectivity index (χ2v) is 10.0.